The van der Waals surface area contributed by atoms with E-state index in [1.54, 1.807) is 0 Å². The molecule has 0 aromatic heterocycles. The number of aliphatic hydroxyl groups is 1. The Bertz CT molecular complexity index is 641. The van der Waals surface area contributed by atoms with E-state index in [4.69, 9.17) is 0 Å². The van der Waals surface area contributed by atoms with E-state index in [0.717, 1.165) is 31.7 Å². The zero-order valence-corrected chi connectivity index (χ0v) is 14.0. The van der Waals surface area contributed by atoms with Gasteiger partial charge < -0.3 is 10.4 Å². The molecule has 0 amide bonds. The van der Waals surface area contributed by atoms with Gasteiger partial charge in [0.1, 0.15) is 0 Å². The summed E-state index contributed by atoms with van der Waals surface area (Å²) in [7, 11) is 0. The number of aliphatic hydroxyl groups excluding tert-OH is 1. The van der Waals surface area contributed by atoms with Crippen LogP contribution in [0.5, 0.6) is 0 Å². The molecule has 3 rings (SSSR count). The molecular weight excluding hydrogens is 284 g/mol. The van der Waals surface area contributed by atoms with Gasteiger partial charge in [-0.2, -0.15) is 0 Å². The molecule has 1 aliphatic heterocycles. The average Bonchev–Trinajstić information content (AvgIpc) is 2.53. The summed E-state index contributed by atoms with van der Waals surface area (Å²) in [5.74, 6) is 0. The number of hydrogen-bond donors (Lipinski definition) is 2. The van der Waals surface area contributed by atoms with Crippen LogP contribution in [0.1, 0.15) is 23.1 Å². The molecule has 2 aromatic rings. The summed E-state index contributed by atoms with van der Waals surface area (Å²) < 4.78 is 0. The Morgan fingerprint density at radius 1 is 1.13 bits per heavy atom. The summed E-state index contributed by atoms with van der Waals surface area (Å²) in [6, 6.07) is 17.0. The highest BCUT2D eigenvalue weighted by atomic mass is 16.3. The SMILES string of the molecule is Cc1ccc(N[C@@H]2CCN(Cc3ccccc3)C[C@H]2O)c(C)c1. The summed E-state index contributed by atoms with van der Waals surface area (Å²) in [5, 5.41) is 14.1. The molecule has 0 spiro atoms. The smallest absolute Gasteiger partial charge is 0.0868 e. The minimum atomic E-state index is -0.340. The third kappa shape index (κ3) is 4.12. The molecule has 1 fully saturated rings. The van der Waals surface area contributed by atoms with Gasteiger partial charge in [-0.3, -0.25) is 4.90 Å². The first-order valence-electron chi connectivity index (χ1n) is 8.40. The number of aryl methyl sites for hydroxylation is 2. The molecule has 2 aromatic carbocycles. The number of benzene rings is 2. The lowest BCUT2D eigenvalue weighted by atomic mass is 10.00. The third-order valence-electron chi connectivity index (χ3n) is 4.64. The highest BCUT2D eigenvalue weighted by molar-refractivity contribution is 5.52. The van der Waals surface area contributed by atoms with E-state index in [1.807, 2.05) is 6.07 Å². The lowest BCUT2D eigenvalue weighted by Gasteiger charge is -2.37. The summed E-state index contributed by atoms with van der Waals surface area (Å²) in [6.45, 7) is 6.86. The highest BCUT2D eigenvalue weighted by Crippen LogP contribution is 2.22. The molecule has 1 heterocycles. The van der Waals surface area contributed by atoms with Crippen LogP contribution in [0.25, 0.3) is 0 Å². The fraction of sp³-hybridized carbons (Fsp3) is 0.400. The number of rotatable bonds is 4. The van der Waals surface area contributed by atoms with Gasteiger partial charge in [0, 0.05) is 25.3 Å². The van der Waals surface area contributed by atoms with E-state index in [0.29, 0.717) is 0 Å². The van der Waals surface area contributed by atoms with Crippen molar-refractivity contribution in [2.24, 2.45) is 0 Å². The normalized spacial score (nSPS) is 22.0. The minimum Gasteiger partial charge on any atom is -0.390 e. The first-order chi connectivity index (χ1) is 11.1. The van der Waals surface area contributed by atoms with Crippen molar-refractivity contribution in [3.63, 3.8) is 0 Å². The maximum Gasteiger partial charge on any atom is 0.0868 e. The van der Waals surface area contributed by atoms with Crippen molar-refractivity contribution < 1.29 is 5.11 Å². The summed E-state index contributed by atoms with van der Waals surface area (Å²) >= 11 is 0. The van der Waals surface area contributed by atoms with Crippen LogP contribution >= 0.6 is 0 Å². The second-order valence-corrected chi connectivity index (χ2v) is 6.65. The predicted molar refractivity (Wildman–Crippen MR) is 95.7 cm³/mol. The van der Waals surface area contributed by atoms with Crippen LogP contribution in [-0.2, 0) is 6.54 Å². The molecular formula is C20H26N2O. The second kappa shape index (κ2) is 7.16. The van der Waals surface area contributed by atoms with Crippen LogP contribution in [0.15, 0.2) is 48.5 Å². The first kappa shape index (κ1) is 16.0. The van der Waals surface area contributed by atoms with Gasteiger partial charge in [-0.15, -0.1) is 0 Å². The molecule has 0 unspecified atom stereocenters. The number of nitrogens with one attached hydrogen (secondary N) is 1. The van der Waals surface area contributed by atoms with Gasteiger partial charge in [0.05, 0.1) is 12.1 Å². The lowest BCUT2D eigenvalue weighted by molar-refractivity contribution is 0.0561. The Morgan fingerprint density at radius 3 is 2.61 bits per heavy atom. The summed E-state index contributed by atoms with van der Waals surface area (Å²) in [6.07, 6.45) is 0.620. The van der Waals surface area contributed by atoms with Crippen molar-refractivity contribution >= 4 is 5.69 Å². The predicted octanol–water partition coefficient (Wildman–Crippen LogP) is 3.35. The van der Waals surface area contributed by atoms with Crippen molar-refractivity contribution in [2.45, 2.75) is 39.0 Å². The zero-order chi connectivity index (χ0) is 16.2. The largest absolute Gasteiger partial charge is 0.390 e. The lowest BCUT2D eigenvalue weighted by Crippen LogP contribution is -2.49. The van der Waals surface area contributed by atoms with E-state index >= 15 is 0 Å². The first-order valence-corrected chi connectivity index (χ1v) is 8.40. The number of anilines is 1. The standard InChI is InChI=1S/C20H26N2O/c1-15-8-9-18(16(2)12-15)21-19-10-11-22(14-20(19)23)13-17-6-4-3-5-7-17/h3-9,12,19-21,23H,10-11,13-14H2,1-2H3/t19-,20-/m1/s1. The monoisotopic (exact) mass is 310 g/mol. The molecule has 23 heavy (non-hydrogen) atoms. The molecule has 122 valence electrons. The van der Waals surface area contributed by atoms with Crippen LogP contribution in [0.3, 0.4) is 0 Å². The fourth-order valence-electron chi connectivity index (χ4n) is 3.33. The Balaban J connectivity index is 1.58. The van der Waals surface area contributed by atoms with E-state index < -0.39 is 0 Å². The fourth-order valence-corrected chi connectivity index (χ4v) is 3.33. The number of hydrogen-bond acceptors (Lipinski definition) is 3. The molecule has 0 aliphatic carbocycles. The Morgan fingerprint density at radius 2 is 1.91 bits per heavy atom. The molecule has 0 bridgehead atoms. The number of likely N-dealkylation sites (tertiary alicyclic amines) is 1. The van der Waals surface area contributed by atoms with Gasteiger partial charge in [-0.1, -0.05) is 48.0 Å². The van der Waals surface area contributed by atoms with Gasteiger partial charge in [-0.05, 0) is 37.5 Å². The van der Waals surface area contributed by atoms with E-state index in [9.17, 15) is 5.11 Å². The van der Waals surface area contributed by atoms with Gasteiger partial charge in [-0.25, -0.2) is 0 Å². The molecule has 3 heteroatoms. The average molecular weight is 310 g/mol. The summed E-state index contributed by atoms with van der Waals surface area (Å²) in [4.78, 5) is 2.33. The van der Waals surface area contributed by atoms with Crippen LogP contribution in [-0.4, -0.2) is 35.2 Å². The Labute approximate surface area is 139 Å². The van der Waals surface area contributed by atoms with E-state index in [2.05, 4.69) is 66.5 Å². The van der Waals surface area contributed by atoms with Crippen molar-refractivity contribution in [1.82, 2.24) is 4.90 Å². The maximum atomic E-state index is 10.5. The molecule has 2 N–H and O–H groups in total. The number of piperidine rings is 1. The van der Waals surface area contributed by atoms with Crippen molar-refractivity contribution in [1.29, 1.82) is 0 Å². The van der Waals surface area contributed by atoms with Crippen molar-refractivity contribution in [2.75, 3.05) is 18.4 Å². The van der Waals surface area contributed by atoms with Crippen LogP contribution in [0.2, 0.25) is 0 Å². The summed E-state index contributed by atoms with van der Waals surface area (Å²) in [5.41, 5.74) is 4.95. The van der Waals surface area contributed by atoms with E-state index in [1.165, 1.54) is 16.7 Å². The molecule has 3 nitrogen and oxygen atoms in total. The second-order valence-electron chi connectivity index (χ2n) is 6.65. The number of nitrogens with zero attached hydrogens (tertiary/aromatic N) is 1. The molecule has 2 atom stereocenters. The Hall–Kier alpha value is -1.84. The van der Waals surface area contributed by atoms with Gasteiger partial charge in [0.2, 0.25) is 0 Å². The maximum absolute atomic E-state index is 10.5. The van der Waals surface area contributed by atoms with Crippen LogP contribution in [0.4, 0.5) is 5.69 Å². The minimum absolute atomic E-state index is 0.128. The molecule has 0 radical (unpaired) electrons. The van der Waals surface area contributed by atoms with Crippen molar-refractivity contribution in [3.8, 4) is 0 Å². The third-order valence-corrected chi connectivity index (χ3v) is 4.64. The van der Waals surface area contributed by atoms with Crippen molar-refractivity contribution in [3.05, 3.63) is 65.2 Å². The highest BCUT2D eigenvalue weighted by Gasteiger charge is 2.27. The zero-order valence-electron chi connectivity index (χ0n) is 14.0. The molecule has 1 aliphatic rings. The van der Waals surface area contributed by atoms with Crippen LogP contribution in [0, 0.1) is 13.8 Å². The van der Waals surface area contributed by atoms with Crippen LogP contribution < -0.4 is 5.32 Å². The Kier molecular flexibility index (Phi) is 4.99. The molecule has 1 saturated heterocycles. The van der Waals surface area contributed by atoms with Gasteiger partial charge >= 0.3 is 0 Å². The topological polar surface area (TPSA) is 35.5 Å². The quantitative estimate of drug-likeness (QED) is 0.909. The number of β-amino-alcohol motifs (C(OH)–C–C–N with tert-alkyl or cyclic N) is 1. The van der Waals surface area contributed by atoms with Gasteiger partial charge in [0.25, 0.3) is 0 Å². The van der Waals surface area contributed by atoms with Gasteiger partial charge in [0.15, 0.2) is 0 Å². The molecule has 0 saturated carbocycles. The van der Waals surface area contributed by atoms with E-state index in [-0.39, 0.29) is 12.1 Å².